The number of hydrogen-bond donors (Lipinski definition) is 9. The molecule has 2 aliphatic heterocycles. The van der Waals surface area contributed by atoms with Crippen molar-refractivity contribution < 1.29 is 74.4 Å². The van der Waals surface area contributed by atoms with Gasteiger partial charge in [0.1, 0.15) is 36.6 Å². The Bertz CT molecular complexity index is 1300. The topological polar surface area (TPSA) is 245 Å². The summed E-state index contributed by atoms with van der Waals surface area (Å²) in [5.74, 6) is -2.40. The molecule has 15 heteroatoms. The number of carbonyl (C=O) groups excluding carboxylic acids is 1. The van der Waals surface area contributed by atoms with Crippen molar-refractivity contribution in [3.05, 3.63) is 53.6 Å². The number of aliphatic hydroxyl groups excluding tert-OH is 5. The van der Waals surface area contributed by atoms with Crippen molar-refractivity contribution in [2.45, 2.75) is 74.8 Å². The van der Waals surface area contributed by atoms with Gasteiger partial charge in [0.2, 0.25) is 0 Å². The van der Waals surface area contributed by atoms with Crippen LogP contribution in [0.15, 0.2) is 42.5 Å². The molecule has 0 saturated carbocycles. The maximum absolute atomic E-state index is 12.8. The van der Waals surface area contributed by atoms with E-state index >= 15 is 0 Å². The molecule has 4 rings (SSSR count). The number of aliphatic hydroxyl groups is 5. The predicted molar refractivity (Wildman–Crippen MR) is 147 cm³/mol. The van der Waals surface area contributed by atoms with Crippen LogP contribution in [0, 0.1) is 0 Å². The van der Waals surface area contributed by atoms with Crippen LogP contribution in [-0.2, 0) is 34.9 Å². The molecule has 0 bridgehead atoms. The highest BCUT2D eigenvalue weighted by molar-refractivity contribution is 5.87. The lowest BCUT2D eigenvalue weighted by atomic mass is 9.97. The van der Waals surface area contributed by atoms with E-state index in [4.69, 9.17) is 23.7 Å². The summed E-state index contributed by atoms with van der Waals surface area (Å²) in [4.78, 5) is 12.8. The van der Waals surface area contributed by atoms with Gasteiger partial charge in [0.25, 0.3) is 0 Å². The molecule has 2 fully saturated rings. The zero-order valence-corrected chi connectivity index (χ0v) is 23.5. The van der Waals surface area contributed by atoms with E-state index in [1.54, 1.807) is 6.07 Å². The van der Waals surface area contributed by atoms with Crippen LogP contribution in [0.1, 0.15) is 18.1 Å². The zero-order valence-electron chi connectivity index (χ0n) is 23.5. The van der Waals surface area contributed by atoms with Crippen LogP contribution in [0.25, 0.3) is 6.08 Å². The molecule has 0 amide bonds. The Kier molecular flexibility index (Phi) is 11.0. The summed E-state index contributed by atoms with van der Waals surface area (Å²) in [7, 11) is 0. The average molecular weight is 625 g/mol. The smallest absolute Gasteiger partial charge is 0.331 e. The van der Waals surface area contributed by atoms with Crippen LogP contribution in [0.5, 0.6) is 23.0 Å². The van der Waals surface area contributed by atoms with Crippen LogP contribution in [0.3, 0.4) is 0 Å². The lowest BCUT2D eigenvalue weighted by Crippen LogP contribution is -2.65. The van der Waals surface area contributed by atoms with Crippen molar-refractivity contribution in [3.8, 4) is 23.0 Å². The number of esters is 1. The number of hydrogen-bond acceptors (Lipinski definition) is 15. The second-order valence-electron chi connectivity index (χ2n) is 10.4. The predicted octanol–water partition coefficient (Wildman–Crippen LogP) is -1.02. The van der Waals surface area contributed by atoms with Gasteiger partial charge in [0.05, 0.1) is 19.3 Å². The van der Waals surface area contributed by atoms with Gasteiger partial charge in [0, 0.05) is 6.08 Å². The van der Waals surface area contributed by atoms with Gasteiger partial charge >= 0.3 is 5.97 Å². The number of benzene rings is 2. The third-order valence-corrected chi connectivity index (χ3v) is 7.27. The normalized spacial score (nSPS) is 32.5. The molecule has 2 aromatic rings. The maximum atomic E-state index is 12.8. The molecule has 0 spiro atoms. The average Bonchev–Trinajstić information content (AvgIpc) is 2.99. The Labute approximate surface area is 251 Å². The van der Waals surface area contributed by atoms with Crippen molar-refractivity contribution in [3.63, 3.8) is 0 Å². The first-order valence-electron chi connectivity index (χ1n) is 13.7. The van der Waals surface area contributed by atoms with E-state index in [0.717, 1.165) is 6.08 Å². The Morgan fingerprint density at radius 2 is 1.50 bits per heavy atom. The van der Waals surface area contributed by atoms with Crippen molar-refractivity contribution in [1.82, 2.24) is 0 Å². The molecule has 9 N–H and O–H groups in total. The third kappa shape index (κ3) is 7.76. The van der Waals surface area contributed by atoms with Gasteiger partial charge in [-0.05, 0) is 54.8 Å². The molecule has 0 aromatic heterocycles. The first kappa shape index (κ1) is 33.4. The first-order valence-corrected chi connectivity index (χ1v) is 13.7. The standard InChI is InChI=1S/C29H36O15/c1-13-22(36)23(37)24(38)29(41-13)44-27-25(39)28(40-9-8-15-3-6-17(32)19(34)11-15)42-20(12-30)26(27)43-21(35)7-4-14-2-5-16(31)18(33)10-14/h2-7,10-11,13,20,22-34,36-39H,8-9,12H2,1H3/b7-4-/t13-,20+,22-,23+,24+,25+,26+,27+,28+,29-/m0/s1. The van der Waals surface area contributed by atoms with E-state index in [0.29, 0.717) is 11.1 Å². The monoisotopic (exact) mass is 624 g/mol. The Morgan fingerprint density at radius 1 is 0.818 bits per heavy atom. The molecule has 2 aromatic carbocycles. The van der Waals surface area contributed by atoms with Crippen LogP contribution in [0.4, 0.5) is 0 Å². The molecule has 2 saturated heterocycles. The summed E-state index contributed by atoms with van der Waals surface area (Å²) in [5, 5.41) is 90.5. The summed E-state index contributed by atoms with van der Waals surface area (Å²) >= 11 is 0. The first-order chi connectivity index (χ1) is 20.9. The second-order valence-corrected chi connectivity index (χ2v) is 10.4. The lowest BCUT2D eigenvalue weighted by molar-refractivity contribution is -0.357. The molecule has 10 atom stereocenters. The van der Waals surface area contributed by atoms with Gasteiger partial charge in [-0.15, -0.1) is 0 Å². The summed E-state index contributed by atoms with van der Waals surface area (Å²) in [5.41, 5.74) is 0.914. The molecule has 2 aliphatic rings. The van der Waals surface area contributed by atoms with E-state index in [-0.39, 0.29) is 30.3 Å². The Morgan fingerprint density at radius 3 is 2.16 bits per heavy atom. The van der Waals surface area contributed by atoms with E-state index in [1.807, 2.05) is 0 Å². The molecular formula is C29H36O15. The highest BCUT2D eigenvalue weighted by Crippen LogP contribution is 2.32. The molecule has 2 heterocycles. The zero-order chi connectivity index (χ0) is 32.1. The second kappa shape index (κ2) is 14.5. The quantitative estimate of drug-likeness (QED) is 0.0873. The molecule has 0 unspecified atom stereocenters. The number of carbonyl (C=O) groups is 1. The van der Waals surface area contributed by atoms with Crippen LogP contribution in [0.2, 0.25) is 0 Å². The highest BCUT2D eigenvalue weighted by atomic mass is 16.7. The van der Waals surface area contributed by atoms with Crippen LogP contribution in [-0.4, -0.2) is 127 Å². The Balaban J connectivity index is 1.52. The lowest BCUT2D eigenvalue weighted by Gasteiger charge is -2.46. The summed E-state index contributed by atoms with van der Waals surface area (Å²) < 4.78 is 28.2. The number of rotatable bonds is 10. The van der Waals surface area contributed by atoms with E-state index < -0.39 is 79.7 Å². The molecule has 15 nitrogen and oxygen atoms in total. The number of phenolic OH excluding ortho intramolecular Hbond substituents is 4. The van der Waals surface area contributed by atoms with Gasteiger partial charge in [-0.2, -0.15) is 0 Å². The minimum atomic E-state index is -1.77. The van der Waals surface area contributed by atoms with Crippen molar-refractivity contribution in [2.24, 2.45) is 0 Å². The summed E-state index contributed by atoms with van der Waals surface area (Å²) in [6, 6.07) is 7.98. The van der Waals surface area contributed by atoms with Crippen LogP contribution < -0.4 is 0 Å². The van der Waals surface area contributed by atoms with Gasteiger partial charge in [-0.3, -0.25) is 0 Å². The fourth-order valence-corrected chi connectivity index (χ4v) is 4.76. The van der Waals surface area contributed by atoms with Gasteiger partial charge in [-0.1, -0.05) is 12.1 Å². The van der Waals surface area contributed by atoms with E-state index in [2.05, 4.69) is 0 Å². The van der Waals surface area contributed by atoms with E-state index in [9.17, 15) is 50.8 Å². The molecule has 0 aliphatic carbocycles. The number of phenols is 4. The fourth-order valence-electron chi connectivity index (χ4n) is 4.76. The van der Waals surface area contributed by atoms with Crippen molar-refractivity contribution in [1.29, 1.82) is 0 Å². The third-order valence-electron chi connectivity index (χ3n) is 7.27. The number of aromatic hydroxyl groups is 4. The van der Waals surface area contributed by atoms with Gasteiger partial charge < -0.3 is 69.6 Å². The summed E-state index contributed by atoms with van der Waals surface area (Å²) in [6.45, 7) is 0.606. The minimum absolute atomic E-state index is 0.0754. The SMILES string of the molecule is C[C@@H]1O[C@@H](O[C@@H]2[C@@H](O)[C@H](OCCc3ccc(O)c(O)c3)O[C@H](CO)[C@H]2OC(=O)/C=C\c2ccc(O)c(O)c2)[C@H](O)[C@H](O)[C@H]1O. The fraction of sp³-hybridized carbons (Fsp3) is 0.483. The molecule has 0 radical (unpaired) electrons. The maximum Gasteiger partial charge on any atom is 0.331 e. The highest BCUT2D eigenvalue weighted by Gasteiger charge is 2.52. The molecule has 242 valence electrons. The van der Waals surface area contributed by atoms with Crippen molar-refractivity contribution >= 4 is 12.0 Å². The van der Waals surface area contributed by atoms with Crippen molar-refractivity contribution in [2.75, 3.05) is 13.2 Å². The van der Waals surface area contributed by atoms with Crippen LogP contribution >= 0.6 is 0 Å². The minimum Gasteiger partial charge on any atom is -0.504 e. The van der Waals surface area contributed by atoms with Gasteiger partial charge in [0.15, 0.2) is 41.7 Å². The largest absolute Gasteiger partial charge is 0.504 e. The molecule has 44 heavy (non-hydrogen) atoms. The van der Waals surface area contributed by atoms with Gasteiger partial charge in [-0.25, -0.2) is 4.79 Å². The molecular weight excluding hydrogens is 588 g/mol. The summed E-state index contributed by atoms with van der Waals surface area (Å²) in [6.07, 6.45) is -12.6. The van der Waals surface area contributed by atoms with E-state index in [1.165, 1.54) is 43.3 Å². The number of ether oxygens (including phenoxy) is 5. The Hall–Kier alpha value is -3.51.